The predicted octanol–water partition coefficient (Wildman–Crippen LogP) is 4.46. The first-order chi connectivity index (χ1) is 15.9. The minimum Gasteiger partial charge on any atom is -0.364 e. The summed E-state index contributed by atoms with van der Waals surface area (Å²) in [5.41, 5.74) is 3.52. The van der Waals surface area contributed by atoms with Gasteiger partial charge in [-0.2, -0.15) is 0 Å². The van der Waals surface area contributed by atoms with Gasteiger partial charge in [-0.15, -0.1) is 0 Å². The molecule has 1 unspecified atom stereocenters. The van der Waals surface area contributed by atoms with E-state index < -0.39 is 18.5 Å². The third kappa shape index (κ3) is 5.91. The molecule has 2 aromatic heterocycles. The molecule has 0 saturated heterocycles. The summed E-state index contributed by atoms with van der Waals surface area (Å²) < 4.78 is 13.9. The highest BCUT2D eigenvalue weighted by Gasteiger charge is 2.10. The smallest absolute Gasteiger partial charge is 0.202 e. The molecule has 0 amide bonds. The Morgan fingerprint density at radius 3 is 2.45 bits per heavy atom. The maximum absolute atomic E-state index is 13.9. The van der Waals surface area contributed by atoms with Crippen molar-refractivity contribution in [3.05, 3.63) is 90.0 Å². The van der Waals surface area contributed by atoms with E-state index in [1.807, 2.05) is 43.3 Å². The van der Waals surface area contributed by atoms with Crippen molar-refractivity contribution in [2.45, 2.75) is 29.4 Å². The molecule has 0 radical (unpaired) electrons. The van der Waals surface area contributed by atoms with Crippen LogP contribution in [0.4, 0.5) is 15.8 Å². The number of hydrogen-bond donors (Lipinski definition) is 6. The molecule has 0 aliphatic carbocycles. The molecular weight excluding hydrogens is 443 g/mol. The molecule has 0 aliphatic rings. The third-order valence-electron chi connectivity index (χ3n) is 4.82. The van der Waals surface area contributed by atoms with Crippen LogP contribution in [0.5, 0.6) is 0 Å². The quantitative estimate of drug-likeness (QED) is 0.213. The fraction of sp³-hybridized carbons (Fsp3) is 0.125. The maximum atomic E-state index is 13.9. The van der Waals surface area contributed by atoms with Crippen molar-refractivity contribution in [3.8, 4) is 11.4 Å². The highest BCUT2D eigenvalue weighted by atomic mass is 32.2. The van der Waals surface area contributed by atoms with Gasteiger partial charge >= 0.3 is 0 Å². The number of aliphatic hydroxyl groups is 3. The molecule has 0 aliphatic heterocycles. The number of pyridine rings is 1. The molecule has 4 rings (SSSR count). The van der Waals surface area contributed by atoms with Crippen LogP contribution in [0.3, 0.4) is 0 Å². The van der Waals surface area contributed by atoms with Crippen LogP contribution in [0.2, 0.25) is 0 Å². The van der Waals surface area contributed by atoms with Gasteiger partial charge in [0.1, 0.15) is 5.82 Å². The minimum atomic E-state index is -1.54. The summed E-state index contributed by atoms with van der Waals surface area (Å²) in [6, 6.07) is 17.5. The summed E-state index contributed by atoms with van der Waals surface area (Å²) in [6.45, 7) is 1.85. The van der Waals surface area contributed by atoms with Gasteiger partial charge < -0.3 is 30.9 Å². The molecule has 2 heterocycles. The highest BCUT2D eigenvalue weighted by Crippen LogP contribution is 2.31. The van der Waals surface area contributed by atoms with Crippen molar-refractivity contribution in [2.24, 2.45) is 0 Å². The van der Waals surface area contributed by atoms with E-state index in [1.165, 1.54) is 24.0 Å². The SMILES string of the molecule is Cc1ccc(F)c(NC(O)Nc2ccc(Sc3ccnc(-c4cc(C(O)O)c[nH]4)c3)cc2)c1. The Bertz CT molecular complexity index is 1230. The summed E-state index contributed by atoms with van der Waals surface area (Å²) in [4.78, 5) is 9.26. The molecule has 0 fully saturated rings. The van der Waals surface area contributed by atoms with Gasteiger partial charge in [0.2, 0.25) is 6.35 Å². The van der Waals surface area contributed by atoms with Crippen LogP contribution in [0, 0.1) is 12.7 Å². The average Bonchev–Trinajstić information content (AvgIpc) is 3.29. The van der Waals surface area contributed by atoms with Crippen molar-refractivity contribution in [1.82, 2.24) is 9.97 Å². The largest absolute Gasteiger partial charge is 0.364 e. The lowest BCUT2D eigenvalue weighted by atomic mass is 10.2. The Labute approximate surface area is 194 Å². The van der Waals surface area contributed by atoms with Gasteiger partial charge in [-0.1, -0.05) is 17.8 Å². The van der Waals surface area contributed by atoms with Crippen LogP contribution < -0.4 is 10.6 Å². The molecule has 6 N–H and O–H groups in total. The second-order valence-corrected chi connectivity index (χ2v) is 8.55. The van der Waals surface area contributed by atoms with Crippen molar-refractivity contribution in [1.29, 1.82) is 0 Å². The lowest BCUT2D eigenvalue weighted by Crippen LogP contribution is -2.28. The van der Waals surface area contributed by atoms with Crippen LogP contribution in [-0.2, 0) is 0 Å². The standard InChI is InChI=1S/C24H23FN4O3S/c1-14-2-7-19(25)20(10-14)29-24(32)28-16-3-5-17(6-4-16)33-18-8-9-26-22(12-18)21-11-15(13-27-21)23(30)31/h2-13,23-24,27-32H,1H3. The zero-order chi connectivity index (χ0) is 23.4. The lowest BCUT2D eigenvalue weighted by Gasteiger charge is -2.18. The number of aromatic amines is 1. The summed E-state index contributed by atoms with van der Waals surface area (Å²) in [7, 11) is 0. The topological polar surface area (TPSA) is 113 Å². The number of hydrogen-bond acceptors (Lipinski definition) is 7. The predicted molar refractivity (Wildman–Crippen MR) is 126 cm³/mol. The average molecular weight is 467 g/mol. The number of nitrogens with one attached hydrogen (secondary N) is 3. The number of aliphatic hydroxyl groups excluding tert-OH is 2. The molecule has 7 nitrogen and oxygen atoms in total. The molecule has 0 spiro atoms. The Hall–Kier alpha value is -3.37. The van der Waals surface area contributed by atoms with Crippen molar-refractivity contribution < 1.29 is 19.7 Å². The van der Waals surface area contributed by atoms with Crippen molar-refractivity contribution in [3.63, 3.8) is 0 Å². The van der Waals surface area contributed by atoms with Gasteiger partial charge in [0.15, 0.2) is 6.29 Å². The van der Waals surface area contributed by atoms with E-state index >= 15 is 0 Å². The monoisotopic (exact) mass is 466 g/mol. The molecule has 9 heteroatoms. The molecule has 1 atom stereocenters. The second-order valence-electron chi connectivity index (χ2n) is 7.40. The number of aromatic nitrogens is 2. The molecule has 2 aromatic carbocycles. The number of aryl methyl sites for hydroxylation is 1. The highest BCUT2D eigenvalue weighted by molar-refractivity contribution is 7.99. The summed E-state index contributed by atoms with van der Waals surface area (Å²) in [5, 5.41) is 34.4. The number of nitrogens with zero attached hydrogens (tertiary/aromatic N) is 1. The fourth-order valence-corrected chi connectivity index (χ4v) is 4.02. The molecule has 0 saturated carbocycles. The molecule has 0 bridgehead atoms. The van der Waals surface area contributed by atoms with Gasteiger partial charge in [-0.05, 0) is 67.1 Å². The summed E-state index contributed by atoms with van der Waals surface area (Å²) in [6.07, 6.45) is 0.523. The zero-order valence-electron chi connectivity index (χ0n) is 17.7. The van der Waals surface area contributed by atoms with Gasteiger partial charge in [-0.3, -0.25) is 4.98 Å². The van der Waals surface area contributed by atoms with Crippen molar-refractivity contribution >= 4 is 23.1 Å². The summed E-state index contributed by atoms with van der Waals surface area (Å²) in [5.74, 6) is -0.437. The number of anilines is 2. The number of benzene rings is 2. The number of halogens is 1. The first kappa shape index (κ1) is 22.8. The van der Waals surface area contributed by atoms with Crippen LogP contribution in [0.25, 0.3) is 11.4 Å². The normalized spacial score (nSPS) is 12.1. The number of rotatable bonds is 8. The van der Waals surface area contributed by atoms with Gasteiger partial charge in [0.25, 0.3) is 0 Å². The fourth-order valence-electron chi connectivity index (χ4n) is 3.18. The van der Waals surface area contributed by atoms with E-state index in [-0.39, 0.29) is 5.69 Å². The van der Waals surface area contributed by atoms with Crippen LogP contribution in [-0.4, -0.2) is 31.6 Å². The Morgan fingerprint density at radius 2 is 1.73 bits per heavy atom. The van der Waals surface area contributed by atoms with E-state index in [2.05, 4.69) is 20.6 Å². The lowest BCUT2D eigenvalue weighted by molar-refractivity contribution is -0.0423. The van der Waals surface area contributed by atoms with Crippen LogP contribution in [0.1, 0.15) is 17.4 Å². The molecule has 4 aromatic rings. The van der Waals surface area contributed by atoms with E-state index in [0.29, 0.717) is 22.6 Å². The Kier molecular flexibility index (Phi) is 6.95. The van der Waals surface area contributed by atoms with Crippen LogP contribution in [0.15, 0.2) is 82.8 Å². The first-order valence-electron chi connectivity index (χ1n) is 10.1. The molecular formula is C24H23FN4O3S. The Balaban J connectivity index is 1.39. The van der Waals surface area contributed by atoms with E-state index in [9.17, 15) is 19.7 Å². The Morgan fingerprint density at radius 1 is 0.939 bits per heavy atom. The van der Waals surface area contributed by atoms with E-state index in [4.69, 9.17) is 0 Å². The van der Waals surface area contributed by atoms with Crippen molar-refractivity contribution in [2.75, 3.05) is 10.6 Å². The number of H-pyrrole nitrogens is 1. The molecule has 170 valence electrons. The maximum Gasteiger partial charge on any atom is 0.202 e. The minimum absolute atomic E-state index is 0.221. The van der Waals surface area contributed by atoms with E-state index in [1.54, 1.807) is 24.4 Å². The third-order valence-corrected chi connectivity index (χ3v) is 5.82. The first-order valence-corrected chi connectivity index (χ1v) is 10.9. The van der Waals surface area contributed by atoms with Gasteiger partial charge in [0, 0.05) is 33.4 Å². The second kappa shape index (κ2) is 10.1. The van der Waals surface area contributed by atoms with Crippen LogP contribution >= 0.6 is 11.8 Å². The van der Waals surface area contributed by atoms with E-state index in [0.717, 1.165) is 15.4 Å². The summed E-state index contributed by atoms with van der Waals surface area (Å²) >= 11 is 1.54. The molecule has 33 heavy (non-hydrogen) atoms. The zero-order valence-corrected chi connectivity index (χ0v) is 18.5. The van der Waals surface area contributed by atoms with Gasteiger partial charge in [-0.25, -0.2) is 4.39 Å². The van der Waals surface area contributed by atoms with Gasteiger partial charge in [0.05, 0.1) is 17.1 Å².